The zero-order valence-electron chi connectivity index (χ0n) is 21.0. The van der Waals surface area contributed by atoms with Crippen molar-refractivity contribution in [3.63, 3.8) is 0 Å². The van der Waals surface area contributed by atoms with Crippen molar-refractivity contribution in [2.45, 2.75) is 53.6 Å². The second kappa shape index (κ2) is 9.26. The van der Waals surface area contributed by atoms with Crippen molar-refractivity contribution in [2.75, 3.05) is 0 Å². The number of hydrogen-bond donors (Lipinski definition) is 0. The highest BCUT2D eigenvalue weighted by Gasteiger charge is 2.21. The fourth-order valence-electron chi connectivity index (χ4n) is 3.72. The number of hydrogen-bond acceptors (Lipinski definition) is 6. The van der Waals surface area contributed by atoms with Crippen molar-refractivity contribution in [1.29, 1.82) is 0 Å². The van der Waals surface area contributed by atoms with Gasteiger partial charge in [-0.25, -0.2) is 9.97 Å². The van der Waals surface area contributed by atoms with E-state index in [1.165, 1.54) is 0 Å². The van der Waals surface area contributed by atoms with E-state index >= 15 is 0 Å². The lowest BCUT2D eigenvalue weighted by atomic mass is 9.95. The minimum atomic E-state index is -0.363. The summed E-state index contributed by atoms with van der Waals surface area (Å²) in [6.07, 6.45) is 5.39. The molecule has 0 bridgehead atoms. The van der Waals surface area contributed by atoms with Gasteiger partial charge in [-0.05, 0) is 44.0 Å². The summed E-state index contributed by atoms with van der Waals surface area (Å²) in [5.41, 5.74) is 4.68. The third kappa shape index (κ3) is 4.98. The van der Waals surface area contributed by atoms with Crippen LogP contribution in [0.3, 0.4) is 0 Å². The minimum absolute atomic E-state index is 0.0116. The lowest BCUT2D eigenvalue weighted by Crippen LogP contribution is -2.23. The van der Waals surface area contributed by atoms with Crippen LogP contribution in [0.2, 0.25) is 5.02 Å². The Morgan fingerprint density at radius 3 is 2.43 bits per heavy atom. The number of rotatable bonds is 5. The highest BCUT2D eigenvalue weighted by Crippen LogP contribution is 2.28. The first-order valence-corrected chi connectivity index (χ1v) is 11.7. The van der Waals surface area contributed by atoms with Crippen molar-refractivity contribution in [3.8, 4) is 22.8 Å². The second-order valence-electron chi connectivity index (χ2n) is 9.71. The molecule has 0 amide bonds. The molecule has 0 aliphatic rings. The molecule has 0 fully saturated rings. The third-order valence-corrected chi connectivity index (χ3v) is 5.99. The summed E-state index contributed by atoms with van der Waals surface area (Å²) in [5.74, 6) is 1.05. The average molecular weight is 493 g/mol. The number of ether oxygens (including phenoxy) is 1. The van der Waals surface area contributed by atoms with E-state index in [4.69, 9.17) is 21.3 Å². The molecule has 0 aromatic carbocycles. The van der Waals surface area contributed by atoms with Gasteiger partial charge in [-0.3, -0.25) is 19.0 Å². The van der Waals surface area contributed by atoms with E-state index in [0.29, 0.717) is 22.8 Å². The Hall–Kier alpha value is -3.52. The molecular formula is C26H29ClN6O2. The average Bonchev–Trinajstić information content (AvgIpc) is 3.21. The number of halogens is 1. The van der Waals surface area contributed by atoms with Gasteiger partial charge in [-0.2, -0.15) is 5.10 Å². The van der Waals surface area contributed by atoms with Crippen molar-refractivity contribution in [2.24, 2.45) is 7.05 Å². The number of aromatic nitrogens is 6. The van der Waals surface area contributed by atoms with E-state index in [9.17, 15) is 4.79 Å². The maximum absolute atomic E-state index is 13.4. The van der Waals surface area contributed by atoms with Gasteiger partial charge >= 0.3 is 0 Å². The molecule has 0 radical (unpaired) electrons. The molecule has 9 heteroatoms. The molecule has 4 aromatic heterocycles. The summed E-state index contributed by atoms with van der Waals surface area (Å²) in [5, 5.41) is 4.30. The monoisotopic (exact) mass is 492 g/mol. The van der Waals surface area contributed by atoms with Gasteiger partial charge in [0.15, 0.2) is 0 Å². The number of aryl methyl sites for hydroxylation is 4. The summed E-state index contributed by atoms with van der Waals surface area (Å²) in [7, 11) is 1.83. The Morgan fingerprint density at radius 1 is 1.06 bits per heavy atom. The molecular weight excluding hydrogens is 464 g/mol. The molecule has 0 unspecified atom stereocenters. The molecule has 4 aromatic rings. The van der Waals surface area contributed by atoms with Gasteiger partial charge in [0.05, 0.1) is 22.8 Å². The van der Waals surface area contributed by atoms with Crippen LogP contribution >= 0.6 is 11.6 Å². The molecule has 0 atom stereocenters. The lowest BCUT2D eigenvalue weighted by Gasteiger charge is -2.19. The quantitative estimate of drug-likeness (QED) is 0.394. The maximum atomic E-state index is 13.4. The van der Waals surface area contributed by atoms with Gasteiger partial charge in [-0.1, -0.05) is 32.4 Å². The standard InChI is InChI=1S/C26H29ClN6O2/c1-15-12-28-19(23-16(2)13-29-25(30-23)26(4,5)6)11-20(15)33-17(3)10-21(22(27)24(33)34)35-14-18-8-9-32(7)31-18/h8-13H,14H2,1-7H3. The van der Waals surface area contributed by atoms with Gasteiger partial charge in [0.25, 0.3) is 5.56 Å². The Balaban J connectivity index is 1.76. The van der Waals surface area contributed by atoms with Gasteiger partial charge in [-0.15, -0.1) is 0 Å². The van der Waals surface area contributed by atoms with Gasteiger partial charge in [0.1, 0.15) is 23.2 Å². The first-order valence-electron chi connectivity index (χ1n) is 11.3. The summed E-state index contributed by atoms with van der Waals surface area (Å²) in [6.45, 7) is 12.1. The van der Waals surface area contributed by atoms with Crippen molar-refractivity contribution < 1.29 is 4.74 Å². The first kappa shape index (κ1) is 24.6. The van der Waals surface area contributed by atoms with Crippen LogP contribution in [-0.2, 0) is 19.1 Å². The number of nitrogens with zero attached hydrogens (tertiary/aromatic N) is 6. The van der Waals surface area contributed by atoms with Gasteiger partial charge in [0, 0.05) is 42.8 Å². The van der Waals surface area contributed by atoms with E-state index in [1.54, 1.807) is 21.5 Å². The Bertz CT molecular complexity index is 1470. The predicted molar refractivity (Wildman–Crippen MR) is 136 cm³/mol. The molecule has 0 spiro atoms. The van der Waals surface area contributed by atoms with Crippen molar-refractivity contribution >= 4 is 11.6 Å². The Labute approximate surface area is 209 Å². The number of pyridine rings is 2. The predicted octanol–water partition coefficient (Wildman–Crippen LogP) is 4.88. The molecule has 0 aliphatic carbocycles. The van der Waals surface area contributed by atoms with E-state index in [1.807, 2.05) is 52.3 Å². The molecule has 182 valence electrons. The molecule has 0 saturated heterocycles. The Kier molecular flexibility index (Phi) is 6.51. The van der Waals surface area contributed by atoms with Crippen LogP contribution in [0.25, 0.3) is 17.1 Å². The van der Waals surface area contributed by atoms with Crippen molar-refractivity contribution in [3.05, 3.63) is 80.5 Å². The van der Waals surface area contributed by atoms with Crippen LogP contribution in [0, 0.1) is 20.8 Å². The molecule has 8 nitrogen and oxygen atoms in total. The van der Waals surface area contributed by atoms with Gasteiger partial charge in [0.2, 0.25) is 0 Å². The summed E-state index contributed by atoms with van der Waals surface area (Å²) >= 11 is 6.48. The maximum Gasteiger partial charge on any atom is 0.277 e. The topological polar surface area (TPSA) is 87.7 Å². The second-order valence-corrected chi connectivity index (χ2v) is 10.1. The molecule has 0 N–H and O–H groups in total. The zero-order valence-corrected chi connectivity index (χ0v) is 21.8. The van der Waals surface area contributed by atoms with E-state index in [0.717, 1.165) is 28.3 Å². The highest BCUT2D eigenvalue weighted by molar-refractivity contribution is 6.31. The van der Waals surface area contributed by atoms with Crippen LogP contribution in [-0.4, -0.2) is 29.3 Å². The molecule has 4 rings (SSSR count). The SMILES string of the molecule is Cc1cnc(-c2nc(C(C)(C)C)ncc2C)cc1-n1c(C)cc(OCc2ccn(C)n2)c(Cl)c1=O. The fraction of sp³-hybridized carbons (Fsp3) is 0.346. The molecule has 4 heterocycles. The summed E-state index contributed by atoms with van der Waals surface area (Å²) < 4.78 is 9.09. The van der Waals surface area contributed by atoms with Crippen LogP contribution in [0.4, 0.5) is 0 Å². The van der Waals surface area contributed by atoms with Crippen LogP contribution in [0.15, 0.2) is 41.6 Å². The summed E-state index contributed by atoms with van der Waals surface area (Å²) in [4.78, 5) is 27.3. The van der Waals surface area contributed by atoms with E-state index in [2.05, 4.69) is 35.8 Å². The van der Waals surface area contributed by atoms with Crippen molar-refractivity contribution in [1.82, 2.24) is 29.3 Å². The van der Waals surface area contributed by atoms with Crippen LogP contribution < -0.4 is 10.3 Å². The van der Waals surface area contributed by atoms with E-state index in [-0.39, 0.29) is 22.6 Å². The lowest BCUT2D eigenvalue weighted by molar-refractivity contribution is 0.299. The minimum Gasteiger partial charge on any atom is -0.485 e. The fourth-order valence-corrected chi connectivity index (χ4v) is 3.92. The third-order valence-electron chi connectivity index (χ3n) is 5.65. The van der Waals surface area contributed by atoms with Gasteiger partial charge < -0.3 is 4.74 Å². The van der Waals surface area contributed by atoms with E-state index < -0.39 is 0 Å². The highest BCUT2D eigenvalue weighted by atomic mass is 35.5. The first-order chi connectivity index (χ1) is 16.5. The Morgan fingerprint density at radius 2 is 1.77 bits per heavy atom. The van der Waals surface area contributed by atoms with Crippen LogP contribution in [0.5, 0.6) is 5.75 Å². The normalized spacial score (nSPS) is 11.7. The molecule has 0 aliphatic heterocycles. The zero-order chi connectivity index (χ0) is 25.5. The van der Waals surface area contributed by atoms with Crippen LogP contribution in [0.1, 0.15) is 49.1 Å². The smallest absolute Gasteiger partial charge is 0.277 e. The molecule has 35 heavy (non-hydrogen) atoms. The largest absolute Gasteiger partial charge is 0.485 e. The summed E-state index contributed by atoms with van der Waals surface area (Å²) in [6, 6.07) is 5.49. The molecule has 0 saturated carbocycles.